The predicted molar refractivity (Wildman–Crippen MR) is 91.5 cm³/mol. The lowest BCUT2D eigenvalue weighted by molar-refractivity contribution is 0.141. The van der Waals surface area contributed by atoms with Crippen molar-refractivity contribution in [1.29, 1.82) is 10.5 Å². The zero-order valence-corrected chi connectivity index (χ0v) is 14.2. The summed E-state index contributed by atoms with van der Waals surface area (Å²) >= 11 is 2.72. The van der Waals surface area contributed by atoms with Crippen LogP contribution in [-0.4, -0.2) is 17.8 Å². The van der Waals surface area contributed by atoms with Crippen molar-refractivity contribution >= 4 is 34.3 Å². The standard InChI is InChI=1S/C16H15N3O2S2/c1-2-21-7-4-6-19-15(20)14(9-13-5-3-8-22-13)23-16(19)12(10-17)11-18/h3,5,8-9H,2,4,6-7H2,1H3. The number of ether oxygens (including phenoxy) is 1. The molecule has 0 saturated carbocycles. The van der Waals surface area contributed by atoms with Crippen molar-refractivity contribution in [2.45, 2.75) is 19.9 Å². The van der Waals surface area contributed by atoms with Crippen LogP contribution in [0.5, 0.6) is 0 Å². The molecule has 0 amide bonds. The number of thiophene rings is 1. The van der Waals surface area contributed by atoms with Crippen molar-refractivity contribution in [2.24, 2.45) is 0 Å². The third-order valence-electron chi connectivity index (χ3n) is 3.04. The summed E-state index contributed by atoms with van der Waals surface area (Å²) in [5.41, 5.74) is -0.202. The fraction of sp³-hybridized carbons (Fsp3) is 0.312. The van der Waals surface area contributed by atoms with Gasteiger partial charge in [-0.2, -0.15) is 10.5 Å². The molecule has 7 heteroatoms. The second kappa shape index (κ2) is 8.44. The van der Waals surface area contributed by atoms with Gasteiger partial charge < -0.3 is 4.74 Å². The van der Waals surface area contributed by atoms with Crippen LogP contribution >= 0.6 is 22.7 Å². The molecule has 0 unspecified atom stereocenters. The van der Waals surface area contributed by atoms with Gasteiger partial charge in [-0.15, -0.1) is 22.7 Å². The minimum atomic E-state index is -0.169. The van der Waals surface area contributed by atoms with E-state index in [1.807, 2.05) is 36.6 Å². The van der Waals surface area contributed by atoms with Crippen LogP contribution in [0.15, 0.2) is 22.3 Å². The first-order valence-corrected chi connectivity index (χ1v) is 8.78. The molecule has 2 aromatic heterocycles. The molecule has 0 aliphatic carbocycles. The Labute approximate surface area is 141 Å². The van der Waals surface area contributed by atoms with Gasteiger partial charge in [0, 0.05) is 24.6 Å². The summed E-state index contributed by atoms with van der Waals surface area (Å²) in [5.74, 6) is 0. The van der Waals surface area contributed by atoms with Crippen molar-refractivity contribution < 1.29 is 4.74 Å². The first kappa shape index (κ1) is 17.2. The molecule has 5 nitrogen and oxygen atoms in total. The summed E-state index contributed by atoms with van der Waals surface area (Å²) in [6, 6.07) is 7.58. The van der Waals surface area contributed by atoms with E-state index in [-0.39, 0.29) is 11.1 Å². The molecule has 118 valence electrons. The van der Waals surface area contributed by atoms with Gasteiger partial charge in [0.2, 0.25) is 0 Å². The SMILES string of the molecule is CCOCCCn1c(=C(C#N)C#N)sc(=Cc2cccs2)c1=O. The number of nitriles is 2. The van der Waals surface area contributed by atoms with Gasteiger partial charge in [0.25, 0.3) is 5.56 Å². The average Bonchev–Trinajstić information content (AvgIpc) is 3.16. The van der Waals surface area contributed by atoms with Crippen LogP contribution in [0.3, 0.4) is 0 Å². The minimum Gasteiger partial charge on any atom is -0.382 e. The summed E-state index contributed by atoms with van der Waals surface area (Å²) in [6.45, 7) is 3.50. The van der Waals surface area contributed by atoms with Gasteiger partial charge in [0.15, 0.2) is 5.57 Å². The molecule has 0 bridgehead atoms. The molecule has 2 rings (SSSR count). The van der Waals surface area contributed by atoms with Crippen LogP contribution in [0.4, 0.5) is 0 Å². The van der Waals surface area contributed by atoms with Gasteiger partial charge in [-0.3, -0.25) is 9.36 Å². The lowest BCUT2D eigenvalue weighted by Crippen LogP contribution is -2.32. The van der Waals surface area contributed by atoms with Crippen molar-refractivity contribution in [3.8, 4) is 12.1 Å². The highest BCUT2D eigenvalue weighted by atomic mass is 32.1. The van der Waals surface area contributed by atoms with Crippen LogP contribution < -0.4 is 14.8 Å². The Kier molecular flexibility index (Phi) is 6.30. The van der Waals surface area contributed by atoms with E-state index in [0.717, 1.165) is 4.88 Å². The van der Waals surface area contributed by atoms with Crippen LogP contribution in [0, 0.1) is 22.7 Å². The second-order valence-electron chi connectivity index (χ2n) is 4.54. The number of thiazole rings is 1. The first-order valence-electron chi connectivity index (χ1n) is 7.08. The fourth-order valence-corrected chi connectivity index (χ4v) is 3.80. The zero-order valence-electron chi connectivity index (χ0n) is 12.6. The Morgan fingerprint density at radius 3 is 2.83 bits per heavy atom. The number of nitrogens with zero attached hydrogens (tertiary/aromatic N) is 3. The Balaban J connectivity index is 2.54. The van der Waals surface area contributed by atoms with E-state index in [4.69, 9.17) is 15.3 Å². The van der Waals surface area contributed by atoms with Crippen molar-refractivity contribution in [3.05, 3.63) is 41.9 Å². The van der Waals surface area contributed by atoms with E-state index >= 15 is 0 Å². The molecular formula is C16H15N3O2S2. The average molecular weight is 345 g/mol. The van der Waals surface area contributed by atoms with Gasteiger partial charge in [-0.05, 0) is 30.9 Å². The molecule has 0 N–H and O–H groups in total. The minimum absolute atomic E-state index is 0.0330. The van der Waals surface area contributed by atoms with E-state index < -0.39 is 0 Å². The maximum Gasteiger partial charge on any atom is 0.269 e. The Morgan fingerprint density at radius 2 is 2.22 bits per heavy atom. The highest BCUT2D eigenvalue weighted by Crippen LogP contribution is 2.08. The monoisotopic (exact) mass is 345 g/mol. The van der Waals surface area contributed by atoms with Gasteiger partial charge in [-0.1, -0.05) is 6.07 Å². The number of aromatic nitrogens is 1. The topological polar surface area (TPSA) is 78.8 Å². The maximum absolute atomic E-state index is 12.6. The largest absolute Gasteiger partial charge is 0.382 e. The van der Waals surface area contributed by atoms with Gasteiger partial charge in [-0.25, -0.2) is 0 Å². The highest BCUT2D eigenvalue weighted by molar-refractivity contribution is 7.11. The van der Waals surface area contributed by atoms with E-state index in [0.29, 0.717) is 35.4 Å². The molecular weight excluding hydrogens is 330 g/mol. The summed E-state index contributed by atoms with van der Waals surface area (Å²) < 4.78 is 7.74. The number of hydrogen-bond donors (Lipinski definition) is 0. The lowest BCUT2D eigenvalue weighted by Gasteiger charge is -2.02. The molecule has 0 aromatic carbocycles. The van der Waals surface area contributed by atoms with Crippen molar-refractivity contribution in [2.75, 3.05) is 13.2 Å². The number of hydrogen-bond acceptors (Lipinski definition) is 6. The Hall–Kier alpha value is -2.19. The molecule has 0 saturated heterocycles. The summed E-state index contributed by atoms with van der Waals surface area (Å²) in [6.07, 6.45) is 2.45. The smallest absolute Gasteiger partial charge is 0.269 e. The van der Waals surface area contributed by atoms with Crippen molar-refractivity contribution in [1.82, 2.24) is 4.57 Å². The van der Waals surface area contributed by atoms with E-state index in [9.17, 15) is 4.79 Å². The maximum atomic E-state index is 12.6. The molecule has 0 spiro atoms. The second-order valence-corrected chi connectivity index (χ2v) is 6.55. The van der Waals surface area contributed by atoms with Gasteiger partial charge in [0.1, 0.15) is 16.8 Å². The van der Waals surface area contributed by atoms with Crippen LogP contribution in [0.1, 0.15) is 18.2 Å². The molecule has 0 radical (unpaired) electrons. The molecule has 0 aliphatic rings. The van der Waals surface area contributed by atoms with E-state index in [1.165, 1.54) is 27.2 Å². The van der Waals surface area contributed by atoms with Gasteiger partial charge >= 0.3 is 0 Å². The van der Waals surface area contributed by atoms with E-state index in [1.54, 1.807) is 6.08 Å². The molecule has 0 atom stereocenters. The summed E-state index contributed by atoms with van der Waals surface area (Å²) in [5, 5.41) is 20.2. The highest BCUT2D eigenvalue weighted by Gasteiger charge is 2.09. The normalized spacial score (nSPS) is 11.2. The third kappa shape index (κ3) is 4.17. The Bertz CT molecular complexity index is 893. The Morgan fingerprint density at radius 1 is 1.43 bits per heavy atom. The summed E-state index contributed by atoms with van der Waals surface area (Å²) in [4.78, 5) is 13.6. The molecule has 0 aliphatic heterocycles. The first-order chi connectivity index (χ1) is 11.2. The van der Waals surface area contributed by atoms with Crippen molar-refractivity contribution in [3.63, 3.8) is 0 Å². The fourth-order valence-electron chi connectivity index (χ4n) is 2.00. The predicted octanol–water partition coefficient (Wildman–Crippen LogP) is 1.42. The lowest BCUT2D eigenvalue weighted by atomic mass is 10.3. The quantitative estimate of drug-likeness (QED) is 0.742. The number of rotatable bonds is 6. The summed E-state index contributed by atoms with van der Waals surface area (Å²) in [7, 11) is 0. The van der Waals surface area contributed by atoms with Crippen LogP contribution in [-0.2, 0) is 11.3 Å². The van der Waals surface area contributed by atoms with Crippen LogP contribution in [0.2, 0.25) is 0 Å². The molecule has 0 fully saturated rings. The van der Waals surface area contributed by atoms with Crippen LogP contribution in [0.25, 0.3) is 11.6 Å². The third-order valence-corrected chi connectivity index (χ3v) is 4.99. The molecule has 23 heavy (non-hydrogen) atoms. The zero-order chi connectivity index (χ0) is 16.7. The van der Waals surface area contributed by atoms with Gasteiger partial charge in [0.05, 0.1) is 4.53 Å². The molecule has 2 heterocycles. The molecule has 2 aromatic rings. The van der Waals surface area contributed by atoms with E-state index in [2.05, 4.69) is 0 Å².